The minimum atomic E-state index is -1.67. The van der Waals surface area contributed by atoms with Crippen LogP contribution in [0.3, 0.4) is 0 Å². The normalized spacial score (nSPS) is 14.1. The molecule has 0 unspecified atom stereocenters. The van der Waals surface area contributed by atoms with Gasteiger partial charge in [0.25, 0.3) is 0 Å². The van der Waals surface area contributed by atoms with Gasteiger partial charge in [0, 0.05) is 38.8 Å². The minimum Gasteiger partial charge on any atom is -0.368 e. The summed E-state index contributed by atoms with van der Waals surface area (Å²) in [7, 11) is 0. The van der Waals surface area contributed by atoms with Crippen molar-refractivity contribution in [3.05, 3.63) is 59.9 Å². The van der Waals surface area contributed by atoms with Crippen LogP contribution < -0.4 is 9.80 Å². The van der Waals surface area contributed by atoms with Crippen LogP contribution in [0.2, 0.25) is 0 Å². The van der Waals surface area contributed by atoms with Crippen LogP contribution in [0, 0.1) is 17.5 Å². The number of halogens is 3. The smallest absolute Gasteiger partial charge is 0.242 e. The van der Waals surface area contributed by atoms with Gasteiger partial charge < -0.3 is 14.7 Å². The average molecular weight is 391 g/mol. The van der Waals surface area contributed by atoms with Gasteiger partial charge in [0.05, 0.1) is 5.69 Å². The first kappa shape index (κ1) is 19.7. The largest absolute Gasteiger partial charge is 0.368 e. The number of benzene rings is 2. The van der Waals surface area contributed by atoms with Crippen molar-refractivity contribution in [2.45, 2.75) is 6.92 Å². The zero-order valence-corrected chi connectivity index (χ0v) is 15.4. The topological polar surface area (TPSA) is 43.9 Å². The third-order valence-corrected chi connectivity index (χ3v) is 4.73. The van der Waals surface area contributed by atoms with Gasteiger partial charge in [-0.3, -0.25) is 9.59 Å². The molecular weight excluding hydrogens is 371 g/mol. The molecule has 5 nitrogen and oxygen atoms in total. The Morgan fingerprint density at radius 2 is 1.57 bits per heavy atom. The van der Waals surface area contributed by atoms with Crippen molar-refractivity contribution < 1.29 is 22.8 Å². The van der Waals surface area contributed by atoms with E-state index in [-0.39, 0.29) is 5.91 Å². The highest BCUT2D eigenvalue weighted by molar-refractivity contribution is 5.97. The summed E-state index contributed by atoms with van der Waals surface area (Å²) in [6.07, 6.45) is 0. The molecule has 8 heteroatoms. The van der Waals surface area contributed by atoms with E-state index in [9.17, 15) is 22.8 Å². The van der Waals surface area contributed by atoms with Gasteiger partial charge in [0.2, 0.25) is 11.8 Å². The highest BCUT2D eigenvalue weighted by atomic mass is 19.2. The zero-order valence-electron chi connectivity index (χ0n) is 15.4. The van der Waals surface area contributed by atoms with Gasteiger partial charge >= 0.3 is 0 Å². The Labute approximate surface area is 161 Å². The third-order valence-electron chi connectivity index (χ3n) is 4.73. The molecule has 0 spiro atoms. The van der Waals surface area contributed by atoms with E-state index in [1.807, 2.05) is 30.3 Å². The van der Waals surface area contributed by atoms with Crippen LogP contribution in [0.4, 0.5) is 24.5 Å². The second-order valence-corrected chi connectivity index (χ2v) is 6.50. The van der Waals surface area contributed by atoms with Gasteiger partial charge in [0.1, 0.15) is 6.54 Å². The predicted molar refractivity (Wildman–Crippen MR) is 99.6 cm³/mol. The molecule has 0 saturated carbocycles. The molecule has 3 rings (SSSR count). The average Bonchev–Trinajstić information content (AvgIpc) is 2.71. The summed E-state index contributed by atoms with van der Waals surface area (Å²) in [6, 6.07) is 11.5. The van der Waals surface area contributed by atoms with E-state index in [4.69, 9.17) is 0 Å². The summed E-state index contributed by atoms with van der Waals surface area (Å²) in [5.74, 6) is -5.54. The Balaban J connectivity index is 1.67. The van der Waals surface area contributed by atoms with E-state index in [2.05, 4.69) is 4.90 Å². The SMILES string of the molecule is CC(=O)N(CC(=O)N1CCN(c2ccccc2)CC1)c1ccc(F)c(F)c1F. The first-order valence-electron chi connectivity index (χ1n) is 8.88. The van der Waals surface area contributed by atoms with E-state index in [0.29, 0.717) is 26.2 Å². The Morgan fingerprint density at radius 1 is 0.929 bits per heavy atom. The van der Waals surface area contributed by atoms with Crippen molar-refractivity contribution in [2.75, 3.05) is 42.5 Å². The summed E-state index contributed by atoms with van der Waals surface area (Å²) in [5.41, 5.74) is 0.603. The zero-order chi connectivity index (χ0) is 20.3. The number of para-hydroxylation sites is 1. The highest BCUT2D eigenvalue weighted by Crippen LogP contribution is 2.24. The summed E-state index contributed by atoms with van der Waals surface area (Å²) < 4.78 is 40.7. The number of piperazine rings is 1. The molecule has 0 bridgehead atoms. The van der Waals surface area contributed by atoms with E-state index >= 15 is 0 Å². The molecule has 0 radical (unpaired) electrons. The molecule has 2 aromatic carbocycles. The maximum absolute atomic E-state index is 14.1. The number of anilines is 2. The molecular formula is C20H20F3N3O2. The van der Waals surface area contributed by atoms with Gasteiger partial charge in [0.15, 0.2) is 17.5 Å². The molecule has 0 N–H and O–H groups in total. The summed E-state index contributed by atoms with van der Waals surface area (Å²) in [4.78, 5) is 29.1. The van der Waals surface area contributed by atoms with Gasteiger partial charge in [-0.1, -0.05) is 18.2 Å². The lowest BCUT2D eigenvalue weighted by Gasteiger charge is -2.37. The van der Waals surface area contributed by atoms with Crippen molar-refractivity contribution in [1.29, 1.82) is 0 Å². The van der Waals surface area contributed by atoms with Crippen LogP contribution in [0.5, 0.6) is 0 Å². The second kappa shape index (κ2) is 8.33. The molecule has 28 heavy (non-hydrogen) atoms. The molecule has 0 aliphatic carbocycles. The van der Waals surface area contributed by atoms with Crippen molar-refractivity contribution >= 4 is 23.2 Å². The summed E-state index contributed by atoms with van der Waals surface area (Å²) >= 11 is 0. The quantitative estimate of drug-likeness (QED) is 0.753. The van der Waals surface area contributed by atoms with Crippen molar-refractivity contribution in [3.63, 3.8) is 0 Å². The van der Waals surface area contributed by atoms with Crippen LogP contribution in [-0.4, -0.2) is 49.4 Å². The Bertz CT molecular complexity index is 868. The van der Waals surface area contributed by atoms with Crippen LogP contribution in [0.15, 0.2) is 42.5 Å². The van der Waals surface area contributed by atoms with E-state index in [1.165, 1.54) is 0 Å². The Morgan fingerprint density at radius 3 is 2.18 bits per heavy atom. The van der Waals surface area contributed by atoms with Crippen LogP contribution in [0.1, 0.15) is 6.92 Å². The highest BCUT2D eigenvalue weighted by Gasteiger charge is 2.27. The number of carbonyl (C=O) groups is 2. The summed E-state index contributed by atoms with van der Waals surface area (Å²) in [5, 5.41) is 0. The molecule has 1 fully saturated rings. The monoisotopic (exact) mass is 391 g/mol. The van der Waals surface area contributed by atoms with Gasteiger partial charge in [-0.05, 0) is 24.3 Å². The molecule has 0 atom stereocenters. The van der Waals surface area contributed by atoms with Gasteiger partial charge in [-0.25, -0.2) is 13.2 Å². The number of rotatable bonds is 4. The second-order valence-electron chi connectivity index (χ2n) is 6.50. The molecule has 2 amide bonds. The first-order valence-corrected chi connectivity index (χ1v) is 8.88. The van der Waals surface area contributed by atoms with E-state index in [0.717, 1.165) is 29.6 Å². The standard InChI is InChI=1S/C20H20F3N3O2/c1-14(27)26(17-8-7-16(21)19(22)20(17)23)13-18(28)25-11-9-24(10-12-25)15-5-3-2-4-6-15/h2-8H,9-13H2,1H3. The lowest BCUT2D eigenvalue weighted by Crippen LogP contribution is -2.52. The maximum Gasteiger partial charge on any atom is 0.242 e. The number of hydrogen-bond acceptors (Lipinski definition) is 3. The lowest BCUT2D eigenvalue weighted by atomic mass is 10.2. The molecule has 148 valence electrons. The van der Waals surface area contributed by atoms with Crippen LogP contribution in [-0.2, 0) is 9.59 Å². The fraction of sp³-hybridized carbons (Fsp3) is 0.300. The van der Waals surface area contributed by atoms with Crippen molar-refractivity contribution in [3.8, 4) is 0 Å². The molecule has 1 aliphatic heterocycles. The fourth-order valence-electron chi connectivity index (χ4n) is 3.18. The van der Waals surface area contributed by atoms with Crippen LogP contribution in [0.25, 0.3) is 0 Å². The molecule has 1 aliphatic rings. The van der Waals surface area contributed by atoms with E-state index in [1.54, 1.807) is 4.90 Å². The van der Waals surface area contributed by atoms with Crippen LogP contribution >= 0.6 is 0 Å². The first-order chi connectivity index (χ1) is 13.4. The molecule has 2 aromatic rings. The number of hydrogen-bond donors (Lipinski definition) is 0. The van der Waals surface area contributed by atoms with Gasteiger partial charge in [-0.15, -0.1) is 0 Å². The molecule has 1 saturated heterocycles. The summed E-state index contributed by atoms with van der Waals surface area (Å²) in [6.45, 7) is 2.83. The Hall–Kier alpha value is -3.03. The van der Waals surface area contributed by atoms with E-state index < -0.39 is 35.6 Å². The van der Waals surface area contributed by atoms with Crippen molar-refractivity contribution in [2.24, 2.45) is 0 Å². The van der Waals surface area contributed by atoms with Crippen molar-refractivity contribution in [1.82, 2.24) is 4.90 Å². The third kappa shape index (κ3) is 4.11. The maximum atomic E-state index is 14.1. The Kier molecular flexibility index (Phi) is 5.87. The number of nitrogens with zero attached hydrogens (tertiary/aromatic N) is 3. The lowest BCUT2D eigenvalue weighted by molar-refractivity contribution is -0.131. The molecule has 0 aromatic heterocycles. The molecule has 1 heterocycles. The fourth-order valence-corrected chi connectivity index (χ4v) is 3.18. The number of carbonyl (C=O) groups excluding carboxylic acids is 2. The van der Waals surface area contributed by atoms with Gasteiger partial charge in [-0.2, -0.15) is 0 Å². The predicted octanol–water partition coefficient (Wildman–Crippen LogP) is 2.81. The number of amides is 2. The minimum absolute atomic E-state index is 0.382.